The molecular formula is C20H20F2N2O3S. The monoisotopic (exact) mass is 406 g/mol. The average Bonchev–Trinajstić information content (AvgIpc) is 3.22. The summed E-state index contributed by atoms with van der Waals surface area (Å²) in [6, 6.07) is 7.84. The predicted octanol–water partition coefficient (Wildman–Crippen LogP) is 3.34. The molecule has 0 unspecified atom stereocenters. The lowest BCUT2D eigenvalue weighted by molar-refractivity contribution is 0.0984. The Morgan fingerprint density at radius 1 is 0.964 bits per heavy atom. The summed E-state index contributed by atoms with van der Waals surface area (Å²) in [5.41, 5.74) is 0.681. The van der Waals surface area contributed by atoms with E-state index in [2.05, 4.69) is 0 Å². The van der Waals surface area contributed by atoms with Crippen molar-refractivity contribution in [1.82, 2.24) is 4.31 Å². The molecule has 28 heavy (non-hydrogen) atoms. The lowest BCUT2D eigenvalue weighted by Gasteiger charge is -2.30. The highest BCUT2D eigenvalue weighted by atomic mass is 32.2. The lowest BCUT2D eigenvalue weighted by Crippen LogP contribution is -2.36. The molecule has 1 saturated heterocycles. The van der Waals surface area contributed by atoms with Crippen LogP contribution in [-0.4, -0.2) is 38.3 Å². The van der Waals surface area contributed by atoms with Gasteiger partial charge in [0.1, 0.15) is 11.6 Å². The maximum atomic E-state index is 14.4. The van der Waals surface area contributed by atoms with Crippen LogP contribution in [0.4, 0.5) is 14.5 Å². The number of halogens is 2. The van der Waals surface area contributed by atoms with Crippen LogP contribution in [0.5, 0.6) is 0 Å². The fraction of sp³-hybridized carbons (Fsp3) is 0.350. The number of nitrogens with zero attached hydrogens (tertiary/aromatic N) is 2. The van der Waals surface area contributed by atoms with Crippen molar-refractivity contribution in [2.75, 3.05) is 24.5 Å². The third kappa shape index (κ3) is 3.31. The number of aryl methyl sites for hydroxylation is 1. The van der Waals surface area contributed by atoms with Gasteiger partial charge >= 0.3 is 0 Å². The molecule has 0 aromatic heterocycles. The first-order valence-electron chi connectivity index (χ1n) is 9.28. The Labute approximate surface area is 162 Å². The highest BCUT2D eigenvalue weighted by Gasteiger charge is 2.30. The number of benzene rings is 2. The Balaban J connectivity index is 1.69. The molecule has 0 atom stereocenters. The zero-order chi connectivity index (χ0) is 19.9. The van der Waals surface area contributed by atoms with Crippen LogP contribution >= 0.6 is 0 Å². The molecule has 1 fully saturated rings. The van der Waals surface area contributed by atoms with Gasteiger partial charge in [-0.3, -0.25) is 4.79 Å². The van der Waals surface area contributed by atoms with Crippen molar-refractivity contribution in [1.29, 1.82) is 0 Å². The van der Waals surface area contributed by atoms with Crippen LogP contribution in [-0.2, 0) is 16.4 Å². The largest absolute Gasteiger partial charge is 0.305 e. The van der Waals surface area contributed by atoms with Gasteiger partial charge in [0.15, 0.2) is 0 Å². The van der Waals surface area contributed by atoms with E-state index in [1.165, 1.54) is 39.5 Å². The van der Waals surface area contributed by atoms with Crippen molar-refractivity contribution in [2.45, 2.75) is 30.6 Å². The molecule has 0 radical (unpaired) electrons. The summed E-state index contributed by atoms with van der Waals surface area (Å²) in [7, 11) is -3.66. The SMILES string of the molecule is O=C(c1cccc(S(=O)(=O)N2CCCC2)c1)N1CCCc2cc(F)cc(F)c21. The topological polar surface area (TPSA) is 57.7 Å². The second kappa shape index (κ2) is 7.25. The number of carbonyl (C=O) groups excluding carboxylic acids is 1. The number of hydrogen-bond donors (Lipinski definition) is 0. The zero-order valence-electron chi connectivity index (χ0n) is 15.2. The van der Waals surface area contributed by atoms with Crippen LogP contribution in [0, 0.1) is 11.6 Å². The van der Waals surface area contributed by atoms with Crippen molar-refractivity contribution < 1.29 is 22.0 Å². The standard InChI is InChI=1S/C20H20F2N2O3S/c21-16-11-14-6-4-10-24(19(14)18(22)13-16)20(25)15-5-3-7-17(12-15)28(26,27)23-8-1-2-9-23/h3,5,7,11-13H,1-2,4,6,8-10H2. The fourth-order valence-corrected chi connectivity index (χ4v) is 5.44. The quantitative estimate of drug-likeness (QED) is 0.786. The van der Waals surface area contributed by atoms with Gasteiger partial charge < -0.3 is 4.90 Å². The van der Waals surface area contributed by atoms with E-state index in [0.29, 0.717) is 31.5 Å². The second-order valence-corrected chi connectivity index (χ2v) is 9.03. The number of carbonyl (C=O) groups is 1. The number of anilines is 1. The van der Waals surface area contributed by atoms with Gasteiger partial charge in [0.25, 0.3) is 5.91 Å². The van der Waals surface area contributed by atoms with Crippen molar-refractivity contribution in [3.05, 3.63) is 59.2 Å². The van der Waals surface area contributed by atoms with Crippen molar-refractivity contribution in [2.24, 2.45) is 0 Å². The first kappa shape index (κ1) is 19.0. The third-order valence-electron chi connectivity index (χ3n) is 5.23. The molecule has 4 rings (SSSR count). The minimum absolute atomic E-state index is 0.0528. The van der Waals surface area contributed by atoms with Gasteiger partial charge in [0.05, 0.1) is 10.6 Å². The van der Waals surface area contributed by atoms with E-state index in [1.807, 2.05) is 0 Å². The van der Waals surface area contributed by atoms with E-state index in [-0.39, 0.29) is 22.7 Å². The number of rotatable bonds is 3. The summed E-state index contributed by atoms with van der Waals surface area (Å²) in [5, 5.41) is 0. The zero-order valence-corrected chi connectivity index (χ0v) is 16.0. The Bertz CT molecular complexity index is 1030. The first-order chi connectivity index (χ1) is 13.4. The molecule has 148 valence electrons. The van der Waals surface area contributed by atoms with Crippen LogP contribution in [0.25, 0.3) is 0 Å². The summed E-state index contributed by atoms with van der Waals surface area (Å²) in [6.07, 6.45) is 2.70. The maximum Gasteiger partial charge on any atom is 0.258 e. The van der Waals surface area contributed by atoms with Crippen LogP contribution in [0.15, 0.2) is 41.3 Å². The molecule has 2 aliphatic rings. The molecule has 8 heteroatoms. The van der Waals surface area contributed by atoms with Gasteiger partial charge in [-0.2, -0.15) is 4.31 Å². The predicted molar refractivity (Wildman–Crippen MR) is 101 cm³/mol. The average molecular weight is 406 g/mol. The van der Waals surface area contributed by atoms with E-state index < -0.39 is 27.6 Å². The lowest BCUT2D eigenvalue weighted by atomic mass is 10.00. The Morgan fingerprint density at radius 3 is 2.46 bits per heavy atom. The van der Waals surface area contributed by atoms with Gasteiger partial charge in [0, 0.05) is 31.3 Å². The van der Waals surface area contributed by atoms with Crippen molar-refractivity contribution in [3.8, 4) is 0 Å². The van der Waals surface area contributed by atoms with Gasteiger partial charge in [-0.15, -0.1) is 0 Å². The molecule has 0 aliphatic carbocycles. The fourth-order valence-electron chi connectivity index (χ4n) is 3.88. The molecule has 2 aromatic carbocycles. The Morgan fingerprint density at radius 2 is 1.71 bits per heavy atom. The highest BCUT2D eigenvalue weighted by molar-refractivity contribution is 7.89. The summed E-state index contributed by atoms with van der Waals surface area (Å²) in [5.74, 6) is -1.96. The summed E-state index contributed by atoms with van der Waals surface area (Å²) in [6.45, 7) is 1.23. The van der Waals surface area contributed by atoms with Gasteiger partial charge in [-0.05, 0) is 55.5 Å². The molecule has 0 N–H and O–H groups in total. The third-order valence-corrected chi connectivity index (χ3v) is 7.13. The minimum Gasteiger partial charge on any atom is -0.305 e. The van der Waals surface area contributed by atoms with Gasteiger partial charge in [0.2, 0.25) is 10.0 Å². The molecule has 2 aliphatic heterocycles. The van der Waals surface area contributed by atoms with Crippen LogP contribution in [0.1, 0.15) is 35.2 Å². The van der Waals surface area contributed by atoms with E-state index in [1.54, 1.807) is 0 Å². The van der Waals surface area contributed by atoms with Gasteiger partial charge in [-0.25, -0.2) is 17.2 Å². The maximum absolute atomic E-state index is 14.4. The number of amides is 1. The molecule has 0 saturated carbocycles. The smallest absolute Gasteiger partial charge is 0.258 e. The molecule has 2 aromatic rings. The molecule has 2 heterocycles. The minimum atomic E-state index is -3.66. The van der Waals surface area contributed by atoms with E-state index in [9.17, 15) is 22.0 Å². The van der Waals surface area contributed by atoms with Crippen LogP contribution < -0.4 is 4.90 Å². The number of fused-ring (bicyclic) bond motifs is 1. The van der Waals surface area contributed by atoms with Crippen LogP contribution in [0.3, 0.4) is 0 Å². The molecule has 5 nitrogen and oxygen atoms in total. The molecule has 0 bridgehead atoms. The number of hydrogen-bond acceptors (Lipinski definition) is 3. The molecule has 0 spiro atoms. The normalized spacial score (nSPS) is 17.6. The van der Waals surface area contributed by atoms with Crippen LogP contribution in [0.2, 0.25) is 0 Å². The second-order valence-electron chi connectivity index (χ2n) is 7.09. The van der Waals surface area contributed by atoms with E-state index in [4.69, 9.17) is 0 Å². The Hall–Kier alpha value is -2.32. The van der Waals surface area contributed by atoms with Crippen molar-refractivity contribution >= 4 is 21.6 Å². The Kier molecular flexibility index (Phi) is 4.93. The van der Waals surface area contributed by atoms with Crippen molar-refractivity contribution in [3.63, 3.8) is 0 Å². The highest BCUT2D eigenvalue weighted by Crippen LogP contribution is 2.32. The molecular weight excluding hydrogens is 386 g/mol. The summed E-state index contributed by atoms with van der Waals surface area (Å²) >= 11 is 0. The number of sulfonamides is 1. The summed E-state index contributed by atoms with van der Waals surface area (Å²) < 4.78 is 54.9. The van der Waals surface area contributed by atoms with E-state index in [0.717, 1.165) is 18.9 Å². The first-order valence-corrected chi connectivity index (χ1v) is 10.7. The summed E-state index contributed by atoms with van der Waals surface area (Å²) in [4.78, 5) is 14.4. The molecule has 1 amide bonds. The van der Waals surface area contributed by atoms with E-state index >= 15 is 0 Å². The van der Waals surface area contributed by atoms with Gasteiger partial charge in [-0.1, -0.05) is 6.07 Å².